The second kappa shape index (κ2) is 5.75. The summed E-state index contributed by atoms with van der Waals surface area (Å²) in [6.45, 7) is 0. The molecular weight excluding hydrogens is 267 g/mol. The lowest BCUT2D eigenvalue weighted by molar-refractivity contribution is 0.0691. The van der Waals surface area contributed by atoms with Gasteiger partial charge in [0.25, 0.3) is 0 Å². The normalized spacial score (nSPS) is 10.4. The van der Waals surface area contributed by atoms with Gasteiger partial charge in [0.2, 0.25) is 0 Å². The van der Waals surface area contributed by atoms with E-state index >= 15 is 0 Å². The highest BCUT2D eigenvalue weighted by molar-refractivity contribution is 7.98. The average molecular weight is 278 g/mol. The average Bonchev–Trinajstić information content (AvgIpc) is 2.39. The molecule has 0 bridgehead atoms. The van der Waals surface area contributed by atoms with Crippen LogP contribution in [0.5, 0.6) is 5.75 Å². The molecule has 19 heavy (non-hydrogen) atoms. The Morgan fingerprint density at radius 1 is 1.16 bits per heavy atom. The first-order valence-corrected chi connectivity index (χ1v) is 6.48. The van der Waals surface area contributed by atoms with Gasteiger partial charge >= 0.3 is 5.97 Å². The van der Waals surface area contributed by atoms with Crippen LogP contribution in [0.15, 0.2) is 47.4 Å². The third-order valence-corrected chi connectivity index (χ3v) is 3.58. The van der Waals surface area contributed by atoms with E-state index in [1.807, 2.05) is 0 Å². The third-order valence-electron chi connectivity index (χ3n) is 2.51. The number of hydrogen-bond donors (Lipinski definition) is 2. The molecule has 0 saturated heterocycles. The van der Waals surface area contributed by atoms with Gasteiger partial charge in [-0.05, 0) is 35.9 Å². The fourth-order valence-electron chi connectivity index (χ4n) is 1.52. The number of aromatic hydroxyl groups is 1. The summed E-state index contributed by atoms with van der Waals surface area (Å²) in [7, 11) is 0. The molecule has 0 aromatic heterocycles. The first-order valence-electron chi connectivity index (χ1n) is 5.50. The van der Waals surface area contributed by atoms with Gasteiger partial charge in [0, 0.05) is 10.6 Å². The summed E-state index contributed by atoms with van der Waals surface area (Å²) in [6, 6.07) is 10.8. The molecule has 0 atom stereocenters. The maximum absolute atomic E-state index is 13.2. The van der Waals surface area contributed by atoms with Crippen LogP contribution in [0.2, 0.25) is 0 Å². The highest BCUT2D eigenvalue weighted by Crippen LogP contribution is 2.25. The Morgan fingerprint density at radius 3 is 2.47 bits per heavy atom. The molecule has 0 aliphatic heterocycles. The van der Waals surface area contributed by atoms with Crippen molar-refractivity contribution < 1.29 is 19.4 Å². The van der Waals surface area contributed by atoms with Crippen molar-refractivity contribution in [3.05, 3.63) is 59.4 Å². The van der Waals surface area contributed by atoms with Crippen molar-refractivity contribution in [2.75, 3.05) is 0 Å². The minimum absolute atomic E-state index is 0.198. The van der Waals surface area contributed by atoms with Crippen LogP contribution >= 0.6 is 11.8 Å². The van der Waals surface area contributed by atoms with Crippen molar-refractivity contribution in [1.82, 2.24) is 0 Å². The van der Waals surface area contributed by atoms with Crippen molar-refractivity contribution >= 4 is 17.7 Å². The van der Waals surface area contributed by atoms with Gasteiger partial charge in [-0.1, -0.05) is 12.1 Å². The van der Waals surface area contributed by atoms with Gasteiger partial charge < -0.3 is 10.2 Å². The Labute approximate surface area is 113 Å². The molecule has 0 aliphatic carbocycles. The molecule has 2 aromatic carbocycles. The zero-order chi connectivity index (χ0) is 13.8. The Hall–Kier alpha value is -2.01. The topological polar surface area (TPSA) is 57.5 Å². The molecule has 2 aromatic rings. The largest absolute Gasteiger partial charge is 0.508 e. The molecule has 0 fully saturated rings. The lowest BCUT2D eigenvalue weighted by atomic mass is 10.2. The summed E-state index contributed by atoms with van der Waals surface area (Å²) >= 11 is 1.41. The Kier molecular flexibility index (Phi) is 4.06. The number of hydrogen-bond acceptors (Lipinski definition) is 3. The Balaban J connectivity index is 2.09. The van der Waals surface area contributed by atoms with Crippen LogP contribution in [-0.4, -0.2) is 16.2 Å². The third kappa shape index (κ3) is 3.48. The van der Waals surface area contributed by atoms with E-state index in [0.717, 1.165) is 11.6 Å². The number of carboxylic acid groups (broad SMARTS) is 1. The second-order valence-electron chi connectivity index (χ2n) is 3.90. The van der Waals surface area contributed by atoms with E-state index in [1.54, 1.807) is 30.3 Å². The minimum atomic E-state index is -1.27. The number of benzene rings is 2. The van der Waals surface area contributed by atoms with E-state index in [1.165, 1.54) is 17.8 Å². The first-order chi connectivity index (χ1) is 9.06. The first kappa shape index (κ1) is 13.4. The molecule has 98 valence electrons. The molecule has 2 rings (SSSR count). The van der Waals surface area contributed by atoms with Gasteiger partial charge in [-0.3, -0.25) is 0 Å². The highest BCUT2D eigenvalue weighted by atomic mass is 32.2. The standard InChI is InChI=1S/C14H11FO3S/c15-13-6-5-11(7-12(13)14(17)18)19-8-9-1-3-10(16)4-2-9/h1-7,16H,8H2,(H,17,18). The fraction of sp³-hybridized carbons (Fsp3) is 0.0714. The lowest BCUT2D eigenvalue weighted by Crippen LogP contribution is -2.00. The molecule has 0 amide bonds. The van der Waals surface area contributed by atoms with E-state index in [-0.39, 0.29) is 11.3 Å². The smallest absolute Gasteiger partial charge is 0.338 e. The van der Waals surface area contributed by atoms with E-state index in [9.17, 15) is 9.18 Å². The quantitative estimate of drug-likeness (QED) is 0.840. The van der Waals surface area contributed by atoms with Gasteiger partial charge in [0.1, 0.15) is 11.6 Å². The van der Waals surface area contributed by atoms with Gasteiger partial charge in [0.05, 0.1) is 5.56 Å². The van der Waals surface area contributed by atoms with Crippen molar-refractivity contribution in [3.63, 3.8) is 0 Å². The number of aromatic carboxylic acids is 1. The van der Waals surface area contributed by atoms with Gasteiger partial charge in [-0.15, -0.1) is 11.8 Å². The van der Waals surface area contributed by atoms with Gasteiger partial charge in [-0.2, -0.15) is 0 Å². The highest BCUT2D eigenvalue weighted by Gasteiger charge is 2.10. The molecule has 5 heteroatoms. The SMILES string of the molecule is O=C(O)c1cc(SCc2ccc(O)cc2)ccc1F. The summed E-state index contributed by atoms with van der Waals surface area (Å²) in [4.78, 5) is 11.5. The van der Waals surface area contributed by atoms with E-state index in [4.69, 9.17) is 10.2 Å². The van der Waals surface area contributed by atoms with Crippen molar-refractivity contribution in [2.45, 2.75) is 10.6 Å². The molecule has 0 unspecified atom stereocenters. The van der Waals surface area contributed by atoms with Crippen LogP contribution in [0.4, 0.5) is 4.39 Å². The molecule has 0 heterocycles. The van der Waals surface area contributed by atoms with E-state index in [0.29, 0.717) is 10.6 Å². The van der Waals surface area contributed by atoms with Crippen LogP contribution in [-0.2, 0) is 5.75 Å². The van der Waals surface area contributed by atoms with Crippen LogP contribution in [0.25, 0.3) is 0 Å². The van der Waals surface area contributed by atoms with Crippen molar-refractivity contribution in [3.8, 4) is 5.75 Å². The minimum Gasteiger partial charge on any atom is -0.508 e. The fourth-order valence-corrected chi connectivity index (χ4v) is 2.41. The Morgan fingerprint density at radius 2 is 1.84 bits per heavy atom. The molecule has 0 saturated carbocycles. The summed E-state index contributed by atoms with van der Waals surface area (Å²) < 4.78 is 13.2. The van der Waals surface area contributed by atoms with Crippen LogP contribution < -0.4 is 0 Å². The van der Waals surface area contributed by atoms with Crippen molar-refractivity contribution in [2.24, 2.45) is 0 Å². The molecular formula is C14H11FO3S. The summed E-state index contributed by atoms with van der Waals surface area (Å²) in [6.07, 6.45) is 0. The molecule has 0 aliphatic rings. The lowest BCUT2D eigenvalue weighted by Gasteiger charge is -2.04. The van der Waals surface area contributed by atoms with Crippen LogP contribution in [0.1, 0.15) is 15.9 Å². The van der Waals surface area contributed by atoms with Gasteiger partial charge in [-0.25, -0.2) is 9.18 Å². The Bertz CT molecular complexity index is 596. The number of carbonyl (C=O) groups is 1. The second-order valence-corrected chi connectivity index (χ2v) is 4.95. The monoisotopic (exact) mass is 278 g/mol. The van der Waals surface area contributed by atoms with Crippen LogP contribution in [0, 0.1) is 5.82 Å². The molecule has 0 spiro atoms. The summed E-state index contributed by atoms with van der Waals surface area (Å²) in [5, 5.41) is 18.0. The number of thioether (sulfide) groups is 1. The number of rotatable bonds is 4. The maximum Gasteiger partial charge on any atom is 0.338 e. The van der Waals surface area contributed by atoms with E-state index < -0.39 is 11.8 Å². The summed E-state index contributed by atoms with van der Waals surface area (Å²) in [5.74, 6) is -1.19. The number of halogens is 1. The zero-order valence-corrected chi connectivity index (χ0v) is 10.7. The van der Waals surface area contributed by atoms with Crippen LogP contribution in [0.3, 0.4) is 0 Å². The molecule has 2 N–H and O–H groups in total. The predicted molar refractivity (Wildman–Crippen MR) is 71.0 cm³/mol. The number of carboxylic acids is 1. The predicted octanol–water partition coefficient (Wildman–Crippen LogP) is 3.52. The van der Waals surface area contributed by atoms with E-state index in [2.05, 4.69) is 0 Å². The number of phenolic OH excluding ortho intramolecular Hbond substituents is 1. The number of phenols is 1. The summed E-state index contributed by atoms with van der Waals surface area (Å²) in [5.41, 5.74) is 0.666. The molecule has 0 radical (unpaired) electrons. The zero-order valence-electron chi connectivity index (χ0n) is 9.84. The van der Waals surface area contributed by atoms with Gasteiger partial charge in [0.15, 0.2) is 0 Å². The van der Waals surface area contributed by atoms with Crippen molar-refractivity contribution in [1.29, 1.82) is 0 Å². The maximum atomic E-state index is 13.2. The molecule has 3 nitrogen and oxygen atoms in total.